The third-order valence-corrected chi connectivity index (χ3v) is 2.99. The molecule has 0 bridgehead atoms. The summed E-state index contributed by atoms with van der Waals surface area (Å²) < 4.78 is 5.45. The largest absolute Gasteiger partial charge is 0.378 e. The Bertz CT molecular complexity index is 274. The fourth-order valence-electron chi connectivity index (χ4n) is 1.59. The predicted octanol–water partition coefficient (Wildman–Crippen LogP) is 1.62. The minimum absolute atomic E-state index is 0.298. The lowest BCUT2D eigenvalue weighted by Crippen LogP contribution is -2.09. The molecular formula is C8H12N2OS. The van der Waals surface area contributed by atoms with Gasteiger partial charge in [-0.05, 0) is 13.3 Å². The highest BCUT2D eigenvalue weighted by Gasteiger charge is 2.27. The minimum Gasteiger partial charge on any atom is -0.378 e. The quantitative estimate of drug-likeness (QED) is 0.721. The first-order valence-electron chi connectivity index (χ1n) is 4.10. The summed E-state index contributed by atoms with van der Waals surface area (Å²) in [5.74, 6) is 0.457. The van der Waals surface area contributed by atoms with Crippen LogP contribution in [0.15, 0.2) is 5.38 Å². The molecule has 1 aromatic heterocycles. The van der Waals surface area contributed by atoms with E-state index in [0.717, 1.165) is 18.7 Å². The highest BCUT2D eigenvalue weighted by Crippen LogP contribution is 2.31. The zero-order valence-corrected chi connectivity index (χ0v) is 7.80. The second-order valence-electron chi connectivity index (χ2n) is 3.08. The lowest BCUT2D eigenvalue weighted by Gasteiger charge is -2.09. The van der Waals surface area contributed by atoms with Crippen molar-refractivity contribution in [1.29, 1.82) is 0 Å². The van der Waals surface area contributed by atoms with E-state index >= 15 is 0 Å². The van der Waals surface area contributed by atoms with Crippen molar-refractivity contribution in [2.45, 2.75) is 25.4 Å². The summed E-state index contributed by atoms with van der Waals surface area (Å²) in [6.07, 6.45) is 1.37. The number of nitrogens with two attached hydrogens (primary N) is 1. The van der Waals surface area contributed by atoms with Crippen LogP contribution in [0.5, 0.6) is 0 Å². The zero-order valence-electron chi connectivity index (χ0n) is 6.99. The second kappa shape index (κ2) is 3.03. The first kappa shape index (κ1) is 8.01. The molecule has 0 aromatic carbocycles. The Morgan fingerprint density at radius 2 is 2.58 bits per heavy atom. The van der Waals surface area contributed by atoms with Gasteiger partial charge in [0, 0.05) is 17.9 Å². The third kappa shape index (κ3) is 1.32. The molecule has 0 spiro atoms. The van der Waals surface area contributed by atoms with Gasteiger partial charge in [-0.3, -0.25) is 0 Å². The number of hydrogen-bond donors (Lipinski definition) is 1. The van der Waals surface area contributed by atoms with Gasteiger partial charge in [0.05, 0.1) is 11.8 Å². The highest BCUT2D eigenvalue weighted by atomic mass is 32.1. The summed E-state index contributed by atoms with van der Waals surface area (Å²) >= 11 is 1.50. The molecule has 1 aromatic rings. The molecule has 2 heterocycles. The molecule has 1 fully saturated rings. The smallest absolute Gasteiger partial charge is 0.180 e. The first-order valence-corrected chi connectivity index (χ1v) is 4.98. The lowest BCUT2D eigenvalue weighted by atomic mass is 10.00. The fourth-order valence-corrected chi connectivity index (χ4v) is 2.22. The van der Waals surface area contributed by atoms with Crippen LogP contribution in [-0.4, -0.2) is 17.7 Å². The molecule has 66 valence electrons. The van der Waals surface area contributed by atoms with Gasteiger partial charge in [-0.15, -0.1) is 11.3 Å². The molecule has 0 radical (unpaired) electrons. The van der Waals surface area contributed by atoms with Crippen molar-refractivity contribution in [2.75, 3.05) is 12.3 Å². The highest BCUT2D eigenvalue weighted by molar-refractivity contribution is 7.13. The van der Waals surface area contributed by atoms with Crippen molar-refractivity contribution in [1.82, 2.24) is 4.98 Å². The van der Waals surface area contributed by atoms with Crippen LogP contribution < -0.4 is 5.73 Å². The molecule has 1 saturated heterocycles. The summed E-state index contributed by atoms with van der Waals surface area (Å²) in [6, 6.07) is 0. The van der Waals surface area contributed by atoms with Crippen LogP contribution in [0.4, 0.5) is 5.13 Å². The molecule has 12 heavy (non-hydrogen) atoms. The van der Waals surface area contributed by atoms with Crippen LogP contribution >= 0.6 is 11.3 Å². The Balaban J connectivity index is 2.19. The van der Waals surface area contributed by atoms with Gasteiger partial charge in [-0.25, -0.2) is 4.98 Å². The first-order chi connectivity index (χ1) is 5.77. The molecular weight excluding hydrogens is 172 g/mol. The van der Waals surface area contributed by atoms with Crippen molar-refractivity contribution in [2.24, 2.45) is 0 Å². The van der Waals surface area contributed by atoms with Gasteiger partial charge in [0.15, 0.2) is 5.13 Å². The monoisotopic (exact) mass is 184 g/mol. The van der Waals surface area contributed by atoms with Gasteiger partial charge in [-0.2, -0.15) is 0 Å². The maximum absolute atomic E-state index is 5.56. The molecule has 0 aliphatic carbocycles. The lowest BCUT2D eigenvalue weighted by molar-refractivity contribution is 0.118. The maximum atomic E-state index is 5.56. The van der Waals surface area contributed by atoms with E-state index in [1.54, 1.807) is 0 Å². The molecule has 2 rings (SSSR count). The molecule has 0 amide bonds. The van der Waals surface area contributed by atoms with E-state index in [0.29, 0.717) is 17.2 Å². The summed E-state index contributed by atoms with van der Waals surface area (Å²) in [5.41, 5.74) is 6.66. The molecule has 2 unspecified atom stereocenters. The van der Waals surface area contributed by atoms with E-state index in [1.807, 2.05) is 5.38 Å². The van der Waals surface area contributed by atoms with Gasteiger partial charge in [0.1, 0.15) is 0 Å². The minimum atomic E-state index is 0.298. The van der Waals surface area contributed by atoms with Crippen LogP contribution in [0.1, 0.15) is 25.0 Å². The second-order valence-corrected chi connectivity index (χ2v) is 3.97. The normalized spacial score (nSPS) is 29.4. The molecule has 0 saturated carbocycles. The van der Waals surface area contributed by atoms with E-state index in [9.17, 15) is 0 Å². The molecule has 1 aliphatic rings. The van der Waals surface area contributed by atoms with Gasteiger partial charge < -0.3 is 10.5 Å². The van der Waals surface area contributed by atoms with Gasteiger partial charge in [-0.1, -0.05) is 0 Å². The van der Waals surface area contributed by atoms with Gasteiger partial charge in [0.25, 0.3) is 0 Å². The van der Waals surface area contributed by atoms with Crippen LogP contribution in [0, 0.1) is 0 Å². The molecule has 3 nitrogen and oxygen atoms in total. The number of hydrogen-bond acceptors (Lipinski definition) is 4. The van der Waals surface area contributed by atoms with Crippen molar-refractivity contribution in [3.8, 4) is 0 Å². The number of nitrogen functional groups attached to an aromatic ring is 1. The van der Waals surface area contributed by atoms with Crippen LogP contribution in [0.2, 0.25) is 0 Å². The number of nitrogens with zero attached hydrogens (tertiary/aromatic N) is 1. The summed E-state index contributed by atoms with van der Waals surface area (Å²) in [7, 11) is 0. The van der Waals surface area contributed by atoms with Crippen molar-refractivity contribution in [3.05, 3.63) is 11.1 Å². The number of anilines is 1. The van der Waals surface area contributed by atoms with Crippen molar-refractivity contribution >= 4 is 16.5 Å². The molecule has 2 N–H and O–H groups in total. The Morgan fingerprint density at radius 1 is 1.75 bits per heavy atom. The zero-order chi connectivity index (χ0) is 8.55. The van der Waals surface area contributed by atoms with Crippen LogP contribution in [0.25, 0.3) is 0 Å². The molecule has 2 atom stereocenters. The van der Waals surface area contributed by atoms with E-state index in [1.165, 1.54) is 11.3 Å². The average molecular weight is 184 g/mol. The summed E-state index contributed by atoms with van der Waals surface area (Å²) in [6.45, 7) is 2.94. The van der Waals surface area contributed by atoms with Crippen molar-refractivity contribution < 1.29 is 4.74 Å². The molecule has 4 heteroatoms. The maximum Gasteiger partial charge on any atom is 0.180 e. The van der Waals surface area contributed by atoms with E-state index in [-0.39, 0.29) is 0 Å². The van der Waals surface area contributed by atoms with E-state index in [4.69, 9.17) is 10.5 Å². The van der Waals surface area contributed by atoms with E-state index in [2.05, 4.69) is 11.9 Å². The fraction of sp³-hybridized carbons (Fsp3) is 0.625. The number of thiazole rings is 1. The van der Waals surface area contributed by atoms with Crippen molar-refractivity contribution in [3.63, 3.8) is 0 Å². The Hall–Kier alpha value is -0.610. The predicted molar refractivity (Wildman–Crippen MR) is 49.3 cm³/mol. The van der Waals surface area contributed by atoms with Gasteiger partial charge in [0.2, 0.25) is 0 Å². The standard InChI is InChI=1S/C8H12N2OS/c1-5-6(2-3-11-5)7-4-12-8(9)10-7/h4-6H,2-3H2,1H3,(H2,9,10). The Kier molecular flexibility index (Phi) is 2.02. The van der Waals surface area contributed by atoms with Crippen LogP contribution in [-0.2, 0) is 4.74 Å². The average Bonchev–Trinajstić information content (AvgIpc) is 2.58. The third-order valence-electron chi connectivity index (χ3n) is 2.30. The summed E-state index contributed by atoms with van der Waals surface area (Å²) in [5, 5.41) is 2.69. The number of aromatic nitrogens is 1. The molecule has 1 aliphatic heterocycles. The van der Waals surface area contributed by atoms with Crippen LogP contribution in [0.3, 0.4) is 0 Å². The van der Waals surface area contributed by atoms with Gasteiger partial charge >= 0.3 is 0 Å². The Morgan fingerprint density at radius 3 is 3.08 bits per heavy atom. The Labute approximate surface area is 75.6 Å². The SMILES string of the molecule is CC1OCCC1c1csc(N)n1. The number of rotatable bonds is 1. The van der Waals surface area contributed by atoms with E-state index < -0.39 is 0 Å². The summed E-state index contributed by atoms with van der Waals surface area (Å²) in [4.78, 5) is 4.26. The topological polar surface area (TPSA) is 48.1 Å². The number of ether oxygens (including phenoxy) is 1.